The average Bonchev–Trinajstić information content (AvgIpc) is 2.82. The molecule has 0 aliphatic carbocycles. The van der Waals surface area contributed by atoms with Crippen LogP contribution < -0.4 is 15.4 Å². The molecule has 2 rings (SSSR count). The molecule has 0 fully saturated rings. The lowest BCUT2D eigenvalue weighted by Gasteiger charge is -2.31. The highest BCUT2D eigenvalue weighted by molar-refractivity contribution is 5.98. The summed E-state index contributed by atoms with van der Waals surface area (Å²) in [4.78, 5) is 39.9. The SMILES string of the molecule is C#Cc1ccccc1C(C(=O)Nc1ccc(OC)cc1)N(CCO)C(=O)CNC(=O)OC(C)(C)C. The molecule has 1 unspecified atom stereocenters. The number of aliphatic hydroxyl groups excluding tert-OH is 1. The van der Waals surface area contributed by atoms with Crippen LogP contribution in [0.15, 0.2) is 48.5 Å². The Kier molecular flexibility index (Phi) is 9.67. The van der Waals surface area contributed by atoms with Crippen LogP contribution in [0.4, 0.5) is 10.5 Å². The molecular weight excluding hydrogens is 450 g/mol. The lowest BCUT2D eigenvalue weighted by Crippen LogP contribution is -2.47. The lowest BCUT2D eigenvalue weighted by molar-refractivity contribution is -0.138. The Balaban J connectivity index is 2.37. The van der Waals surface area contributed by atoms with Crippen molar-refractivity contribution in [3.05, 3.63) is 59.7 Å². The quantitative estimate of drug-likeness (QED) is 0.474. The van der Waals surface area contributed by atoms with E-state index in [1.807, 2.05) is 0 Å². The third kappa shape index (κ3) is 8.05. The van der Waals surface area contributed by atoms with Crippen molar-refractivity contribution in [2.45, 2.75) is 32.4 Å². The van der Waals surface area contributed by atoms with Crippen LogP contribution in [0.25, 0.3) is 0 Å². The van der Waals surface area contributed by atoms with Gasteiger partial charge in [-0.3, -0.25) is 9.59 Å². The van der Waals surface area contributed by atoms with E-state index < -0.39 is 42.7 Å². The van der Waals surface area contributed by atoms with E-state index in [2.05, 4.69) is 16.6 Å². The smallest absolute Gasteiger partial charge is 0.408 e. The van der Waals surface area contributed by atoms with Crippen molar-refractivity contribution < 1.29 is 29.0 Å². The molecule has 2 aromatic carbocycles. The fraction of sp³-hybridized carbons (Fsp3) is 0.346. The summed E-state index contributed by atoms with van der Waals surface area (Å²) in [7, 11) is 1.53. The van der Waals surface area contributed by atoms with Gasteiger partial charge >= 0.3 is 6.09 Å². The van der Waals surface area contributed by atoms with E-state index in [0.29, 0.717) is 22.6 Å². The van der Waals surface area contributed by atoms with Crippen LogP contribution in [0.1, 0.15) is 37.9 Å². The largest absolute Gasteiger partial charge is 0.497 e. The van der Waals surface area contributed by atoms with Crippen LogP contribution in [0.5, 0.6) is 5.75 Å². The second-order valence-corrected chi connectivity index (χ2v) is 8.52. The number of anilines is 1. The van der Waals surface area contributed by atoms with Gasteiger partial charge in [-0.1, -0.05) is 24.1 Å². The molecule has 186 valence electrons. The summed E-state index contributed by atoms with van der Waals surface area (Å²) >= 11 is 0. The fourth-order valence-electron chi connectivity index (χ4n) is 3.27. The predicted molar refractivity (Wildman–Crippen MR) is 132 cm³/mol. The number of nitrogens with one attached hydrogen (secondary N) is 2. The molecule has 9 nitrogen and oxygen atoms in total. The summed E-state index contributed by atoms with van der Waals surface area (Å²) in [6.07, 6.45) is 4.88. The molecule has 2 aromatic rings. The van der Waals surface area contributed by atoms with Crippen LogP contribution in [-0.2, 0) is 14.3 Å². The zero-order chi connectivity index (χ0) is 26.0. The van der Waals surface area contributed by atoms with E-state index in [9.17, 15) is 19.5 Å². The molecule has 0 aliphatic rings. The van der Waals surface area contributed by atoms with Crippen molar-refractivity contribution in [1.82, 2.24) is 10.2 Å². The van der Waals surface area contributed by atoms with Gasteiger partial charge in [0.05, 0.1) is 13.7 Å². The molecular formula is C26H31N3O6. The number of carbonyl (C=O) groups is 3. The number of rotatable bonds is 9. The summed E-state index contributed by atoms with van der Waals surface area (Å²) in [5, 5.41) is 14.9. The van der Waals surface area contributed by atoms with E-state index in [4.69, 9.17) is 15.9 Å². The molecule has 0 heterocycles. The van der Waals surface area contributed by atoms with Crippen molar-refractivity contribution >= 4 is 23.6 Å². The van der Waals surface area contributed by atoms with Crippen LogP contribution >= 0.6 is 0 Å². The van der Waals surface area contributed by atoms with Gasteiger partial charge in [-0.2, -0.15) is 0 Å². The zero-order valence-corrected chi connectivity index (χ0v) is 20.3. The van der Waals surface area contributed by atoms with Gasteiger partial charge in [0.2, 0.25) is 5.91 Å². The second kappa shape index (κ2) is 12.4. The van der Waals surface area contributed by atoms with Crippen molar-refractivity contribution in [2.24, 2.45) is 0 Å². The minimum atomic E-state index is -1.18. The third-order valence-corrected chi connectivity index (χ3v) is 4.77. The first-order chi connectivity index (χ1) is 16.6. The Morgan fingerprint density at radius 1 is 1.11 bits per heavy atom. The summed E-state index contributed by atoms with van der Waals surface area (Å²) in [5.41, 5.74) is 0.547. The first-order valence-corrected chi connectivity index (χ1v) is 11.0. The average molecular weight is 482 g/mol. The van der Waals surface area contributed by atoms with Crippen LogP contribution in [0.2, 0.25) is 0 Å². The first kappa shape index (κ1) is 27.2. The number of ether oxygens (including phenoxy) is 2. The van der Waals surface area contributed by atoms with E-state index >= 15 is 0 Å². The molecule has 0 saturated carbocycles. The van der Waals surface area contributed by atoms with Gasteiger partial charge in [0.1, 0.15) is 23.9 Å². The number of alkyl carbamates (subject to hydrolysis) is 1. The molecule has 0 spiro atoms. The summed E-state index contributed by atoms with van der Waals surface area (Å²) in [5.74, 6) is 2.00. The molecule has 0 aromatic heterocycles. The number of hydrogen-bond acceptors (Lipinski definition) is 6. The number of nitrogens with zero attached hydrogens (tertiary/aromatic N) is 1. The van der Waals surface area contributed by atoms with Crippen molar-refractivity contribution in [1.29, 1.82) is 0 Å². The van der Waals surface area contributed by atoms with Crippen LogP contribution in [0.3, 0.4) is 0 Å². The number of benzene rings is 2. The Morgan fingerprint density at radius 3 is 2.34 bits per heavy atom. The number of hydrogen-bond donors (Lipinski definition) is 3. The van der Waals surface area contributed by atoms with Crippen molar-refractivity contribution in [2.75, 3.05) is 32.1 Å². The monoisotopic (exact) mass is 481 g/mol. The summed E-state index contributed by atoms with van der Waals surface area (Å²) in [6, 6.07) is 12.2. The molecule has 0 radical (unpaired) electrons. The Hall–Kier alpha value is -4.03. The van der Waals surface area contributed by atoms with Gasteiger partial charge in [-0.25, -0.2) is 4.79 Å². The van der Waals surface area contributed by atoms with Crippen molar-refractivity contribution in [3.8, 4) is 18.1 Å². The molecule has 3 N–H and O–H groups in total. The molecule has 9 heteroatoms. The van der Waals surface area contributed by atoms with Gasteiger partial charge in [-0.15, -0.1) is 6.42 Å². The predicted octanol–water partition coefficient (Wildman–Crippen LogP) is 2.70. The number of amides is 3. The lowest BCUT2D eigenvalue weighted by atomic mass is 9.98. The topological polar surface area (TPSA) is 117 Å². The Morgan fingerprint density at radius 2 is 1.77 bits per heavy atom. The van der Waals surface area contributed by atoms with Crippen LogP contribution in [-0.4, -0.2) is 60.3 Å². The highest BCUT2D eigenvalue weighted by Gasteiger charge is 2.33. The van der Waals surface area contributed by atoms with Gasteiger partial charge < -0.3 is 30.1 Å². The third-order valence-electron chi connectivity index (χ3n) is 4.77. The standard InChI is InChI=1S/C26H31N3O6/c1-6-18-9-7-8-10-21(18)23(24(32)28-19-11-13-20(34-5)14-12-19)29(15-16-30)22(31)17-27-25(33)35-26(2,3)4/h1,7-14,23,30H,15-17H2,2-5H3,(H,27,33)(H,28,32). The van der Waals surface area contributed by atoms with Crippen molar-refractivity contribution in [3.63, 3.8) is 0 Å². The molecule has 1 atom stereocenters. The number of terminal acetylenes is 1. The molecule has 3 amide bonds. The maximum atomic E-state index is 13.5. The maximum absolute atomic E-state index is 13.5. The van der Waals surface area contributed by atoms with E-state index in [1.54, 1.807) is 69.3 Å². The normalized spacial score (nSPS) is 11.5. The first-order valence-electron chi connectivity index (χ1n) is 11.0. The van der Waals surface area contributed by atoms with Gasteiger partial charge in [0.15, 0.2) is 0 Å². The van der Waals surface area contributed by atoms with Gasteiger partial charge in [0.25, 0.3) is 5.91 Å². The second-order valence-electron chi connectivity index (χ2n) is 8.52. The maximum Gasteiger partial charge on any atom is 0.408 e. The number of methoxy groups -OCH3 is 1. The summed E-state index contributed by atoms with van der Waals surface area (Å²) < 4.78 is 10.3. The molecule has 0 saturated heterocycles. The highest BCUT2D eigenvalue weighted by Crippen LogP contribution is 2.26. The minimum absolute atomic E-state index is 0.172. The fourth-order valence-corrected chi connectivity index (χ4v) is 3.27. The van der Waals surface area contributed by atoms with Gasteiger partial charge in [0, 0.05) is 17.8 Å². The molecule has 0 bridgehead atoms. The van der Waals surface area contributed by atoms with E-state index in [-0.39, 0.29) is 6.54 Å². The Bertz CT molecular complexity index is 1070. The number of carbonyl (C=O) groups excluding carboxylic acids is 3. The highest BCUT2D eigenvalue weighted by atomic mass is 16.6. The van der Waals surface area contributed by atoms with E-state index in [0.717, 1.165) is 0 Å². The number of aliphatic hydroxyl groups is 1. The molecule has 35 heavy (non-hydrogen) atoms. The Labute approximate surface area is 205 Å². The van der Waals surface area contributed by atoms with E-state index in [1.165, 1.54) is 12.0 Å². The van der Waals surface area contributed by atoms with Gasteiger partial charge in [-0.05, 0) is 56.7 Å². The molecule has 0 aliphatic heterocycles. The minimum Gasteiger partial charge on any atom is -0.497 e. The zero-order valence-electron chi connectivity index (χ0n) is 20.3. The van der Waals surface area contributed by atoms with Crippen LogP contribution in [0, 0.1) is 12.3 Å². The summed E-state index contributed by atoms with van der Waals surface area (Å²) in [6.45, 7) is 4.06.